The molecule has 0 aliphatic rings. The molecule has 0 unspecified atom stereocenters. The molecule has 1 amide bonds. The first-order valence-electron chi connectivity index (χ1n) is 7.51. The summed E-state index contributed by atoms with van der Waals surface area (Å²) in [6.45, 7) is 0. The molecule has 3 aromatic heterocycles. The van der Waals surface area contributed by atoms with E-state index in [2.05, 4.69) is 27.6 Å². The predicted molar refractivity (Wildman–Crippen MR) is 101 cm³/mol. The maximum atomic E-state index is 12.2. The molecule has 0 saturated carbocycles. The van der Waals surface area contributed by atoms with Crippen LogP contribution in [-0.2, 0) is 4.79 Å². The molecule has 4 aromatic rings. The van der Waals surface area contributed by atoms with Crippen LogP contribution in [0.1, 0.15) is 0 Å². The number of carbonyl (C=O) groups is 1. The van der Waals surface area contributed by atoms with Crippen LogP contribution in [0, 0.1) is 0 Å². The molecule has 0 fully saturated rings. The van der Waals surface area contributed by atoms with Gasteiger partial charge in [0.05, 0.1) is 28.6 Å². The molecule has 1 aromatic carbocycles. The highest BCUT2D eigenvalue weighted by Gasteiger charge is 2.12. The number of aromatic nitrogens is 3. The number of carbonyl (C=O) groups excluding carboxylic acids is 1. The third-order valence-corrected chi connectivity index (χ3v) is 5.53. The monoisotopic (exact) mass is 370 g/mol. The Kier molecular flexibility index (Phi) is 4.29. The maximum Gasteiger partial charge on any atom is 0.234 e. The van der Waals surface area contributed by atoms with Gasteiger partial charge in [0, 0.05) is 5.69 Å². The van der Waals surface area contributed by atoms with E-state index in [1.54, 1.807) is 24.8 Å². The molecule has 0 radical (unpaired) electrons. The first kappa shape index (κ1) is 15.9. The van der Waals surface area contributed by atoms with Crippen molar-refractivity contribution in [2.75, 3.05) is 18.2 Å². The van der Waals surface area contributed by atoms with Crippen molar-refractivity contribution in [2.24, 2.45) is 0 Å². The molecule has 0 bridgehead atoms. The van der Waals surface area contributed by atoms with E-state index in [1.165, 1.54) is 16.5 Å². The van der Waals surface area contributed by atoms with Gasteiger partial charge >= 0.3 is 0 Å². The Hall–Kier alpha value is -2.58. The van der Waals surface area contributed by atoms with Crippen molar-refractivity contribution in [1.29, 1.82) is 0 Å². The Balaban J connectivity index is 1.47. The second-order valence-electron chi connectivity index (χ2n) is 5.27. The van der Waals surface area contributed by atoms with Crippen molar-refractivity contribution in [3.8, 4) is 5.75 Å². The minimum absolute atomic E-state index is 0.0904. The Labute approximate surface area is 151 Å². The first-order valence-corrected chi connectivity index (χ1v) is 9.38. The standard InChI is InChI=1S/C17H14N4O2S2/c1-23-12-4-2-11(3-5-12)19-16(22)9-25-17-14-8-15-13(6-7-24-15)21(14)10-18-20-17/h2-8,10H,9H2,1H3,(H,19,22). The molecule has 126 valence electrons. The van der Waals surface area contributed by atoms with E-state index in [4.69, 9.17) is 4.74 Å². The van der Waals surface area contributed by atoms with E-state index >= 15 is 0 Å². The summed E-state index contributed by atoms with van der Waals surface area (Å²) in [6.07, 6.45) is 1.70. The number of rotatable bonds is 5. The van der Waals surface area contributed by atoms with Gasteiger partial charge < -0.3 is 10.1 Å². The molecule has 0 aliphatic heterocycles. The fourth-order valence-electron chi connectivity index (χ4n) is 2.52. The average molecular weight is 370 g/mol. The van der Waals surface area contributed by atoms with Gasteiger partial charge in [-0.2, -0.15) is 0 Å². The fraction of sp³-hybridized carbons (Fsp3) is 0.118. The number of thiophene rings is 1. The van der Waals surface area contributed by atoms with Gasteiger partial charge in [-0.25, -0.2) is 0 Å². The number of fused-ring (bicyclic) bond motifs is 3. The lowest BCUT2D eigenvalue weighted by molar-refractivity contribution is -0.113. The van der Waals surface area contributed by atoms with Crippen LogP contribution in [0.3, 0.4) is 0 Å². The van der Waals surface area contributed by atoms with Gasteiger partial charge in [0.15, 0.2) is 0 Å². The summed E-state index contributed by atoms with van der Waals surface area (Å²) in [7, 11) is 1.61. The predicted octanol–water partition coefficient (Wildman–Crippen LogP) is 3.68. The lowest BCUT2D eigenvalue weighted by Gasteiger charge is -2.06. The highest BCUT2D eigenvalue weighted by atomic mass is 32.2. The van der Waals surface area contributed by atoms with Gasteiger partial charge in [-0.05, 0) is 41.8 Å². The van der Waals surface area contributed by atoms with Crippen molar-refractivity contribution in [3.63, 3.8) is 0 Å². The van der Waals surface area contributed by atoms with Crippen LogP contribution in [0.2, 0.25) is 0 Å². The third-order valence-electron chi connectivity index (χ3n) is 3.71. The van der Waals surface area contributed by atoms with Gasteiger partial charge in [0.25, 0.3) is 0 Å². The zero-order chi connectivity index (χ0) is 17.2. The van der Waals surface area contributed by atoms with Crippen molar-refractivity contribution in [1.82, 2.24) is 14.6 Å². The number of hydrogen-bond donors (Lipinski definition) is 1. The average Bonchev–Trinajstić information content (AvgIpc) is 3.22. The van der Waals surface area contributed by atoms with Crippen LogP contribution in [-0.4, -0.2) is 33.4 Å². The molecule has 0 aliphatic carbocycles. The summed E-state index contributed by atoms with van der Waals surface area (Å²) in [6, 6.07) is 11.4. The van der Waals surface area contributed by atoms with Gasteiger partial charge in [-0.3, -0.25) is 9.20 Å². The molecule has 4 rings (SSSR count). The summed E-state index contributed by atoms with van der Waals surface area (Å²) in [5.74, 6) is 0.925. The summed E-state index contributed by atoms with van der Waals surface area (Å²) in [4.78, 5) is 12.2. The maximum absolute atomic E-state index is 12.2. The van der Waals surface area contributed by atoms with Gasteiger partial charge in [-0.1, -0.05) is 11.8 Å². The number of amides is 1. The van der Waals surface area contributed by atoms with E-state index in [0.29, 0.717) is 0 Å². The number of thioether (sulfide) groups is 1. The van der Waals surface area contributed by atoms with Gasteiger partial charge in [0.2, 0.25) is 5.91 Å². The topological polar surface area (TPSA) is 68.5 Å². The number of nitrogens with one attached hydrogen (secondary N) is 1. The van der Waals surface area contributed by atoms with Crippen LogP contribution in [0.5, 0.6) is 5.75 Å². The minimum Gasteiger partial charge on any atom is -0.497 e. The fourth-order valence-corrected chi connectivity index (χ4v) is 4.08. The SMILES string of the molecule is COc1ccc(NC(=O)CSc2nncn3c2cc2sccc23)cc1. The number of nitrogens with zero attached hydrogens (tertiary/aromatic N) is 3. The second-order valence-corrected chi connectivity index (χ2v) is 7.18. The number of benzene rings is 1. The van der Waals surface area contributed by atoms with Crippen LogP contribution < -0.4 is 10.1 Å². The molecule has 6 nitrogen and oxygen atoms in total. The van der Waals surface area contributed by atoms with Gasteiger partial charge in [-0.15, -0.1) is 21.5 Å². The third kappa shape index (κ3) is 3.18. The summed E-state index contributed by atoms with van der Waals surface area (Å²) < 4.78 is 8.29. The lowest BCUT2D eigenvalue weighted by atomic mass is 10.3. The zero-order valence-corrected chi connectivity index (χ0v) is 14.9. The van der Waals surface area contributed by atoms with E-state index in [1.807, 2.05) is 34.0 Å². The quantitative estimate of drug-likeness (QED) is 0.543. The normalized spacial score (nSPS) is 11.1. The van der Waals surface area contributed by atoms with E-state index in [-0.39, 0.29) is 11.7 Å². The van der Waals surface area contributed by atoms with Crippen LogP contribution in [0.25, 0.3) is 15.7 Å². The van der Waals surface area contributed by atoms with Crippen molar-refractivity contribution in [3.05, 3.63) is 48.1 Å². The largest absolute Gasteiger partial charge is 0.497 e. The number of methoxy groups -OCH3 is 1. The summed E-state index contributed by atoms with van der Waals surface area (Å²) in [5.41, 5.74) is 2.82. The molecule has 25 heavy (non-hydrogen) atoms. The highest BCUT2D eigenvalue weighted by molar-refractivity contribution is 8.00. The molecule has 0 saturated heterocycles. The molecule has 1 N–H and O–H groups in total. The molecule has 3 heterocycles. The van der Waals surface area contributed by atoms with Crippen molar-refractivity contribution >= 4 is 50.4 Å². The Bertz CT molecular complexity index is 1040. The van der Waals surface area contributed by atoms with Crippen LogP contribution in [0.4, 0.5) is 5.69 Å². The van der Waals surface area contributed by atoms with E-state index < -0.39 is 0 Å². The zero-order valence-electron chi connectivity index (χ0n) is 13.3. The number of ether oxygens (including phenoxy) is 1. The van der Waals surface area contributed by atoms with Gasteiger partial charge in [0.1, 0.15) is 17.1 Å². The first-order chi connectivity index (χ1) is 12.2. The Morgan fingerprint density at radius 2 is 2.12 bits per heavy atom. The molecule has 8 heteroatoms. The molecule has 0 atom stereocenters. The Morgan fingerprint density at radius 1 is 1.28 bits per heavy atom. The van der Waals surface area contributed by atoms with E-state index in [9.17, 15) is 4.79 Å². The smallest absolute Gasteiger partial charge is 0.234 e. The van der Waals surface area contributed by atoms with E-state index in [0.717, 1.165) is 27.5 Å². The van der Waals surface area contributed by atoms with Crippen molar-refractivity contribution in [2.45, 2.75) is 5.03 Å². The summed E-state index contributed by atoms with van der Waals surface area (Å²) in [5, 5.41) is 13.9. The molecule has 0 spiro atoms. The second kappa shape index (κ2) is 6.73. The highest BCUT2D eigenvalue weighted by Crippen LogP contribution is 2.29. The van der Waals surface area contributed by atoms with Crippen molar-refractivity contribution < 1.29 is 9.53 Å². The summed E-state index contributed by atoms with van der Waals surface area (Å²) >= 11 is 3.05. The Morgan fingerprint density at radius 3 is 2.92 bits per heavy atom. The lowest BCUT2D eigenvalue weighted by Crippen LogP contribution is -2.14. The minimum atomic E-state index is -0.0904. The number of anilines is 1. The van der Waals surface area contributed by atoms with Crippen LogP contribution >= 0.6 is 23.1 Å². The van der Waals surface area contributed by atoms with Crippen LogP contribution in [0.15, 0.2) is 53.1 Å². The number of hydrogen-bond acceptors (Lipinski definition) is 6. The molecular weight excluding hydrogens is 356 g/mol. The molecular formula is C17H14N4O2S2.